The molecular weight excluding hydrogens is 320 g/mol. The Balaban J connectivity index is 2.05. The highest BCUT2D eigenvalue weighted by molar-refractivity contribution is 6.03. The number of carbonyl (C=O) groups is 1. The molecule has 0 radical (unpaired) electrons. The molecule has 0 amide bonds. The van der Waals surface area contributed by atoms with E-state index in [1.165, 1.54) is 5.56 Å². The fraction of sp³-hybridized carbons (Fsp3) is 0.391. The number of anilines is 1. The van der Waals surface area contributed by atoms with E-state index in [0.717, 1.165) is 41.1 Å². The van der Waals surface area contributed by atoms with Gasteiger partial charge in [0.05, 0.1) is 5.41 Å². The molecule has 1 aliphatic heterocycles. The standard InChI is InChI=1S/C23H26N2O/c1-5-15-11-12-24-21-19(15)23(4,16-9-7-6-8-10-16)20-17(25-21)13-22(2,3)14-18(20)26/h6-12H,5,13-14H2,1-4H3,(H,24,25)/t23-/m0/s1. The van der Waals surface area contributed by atoms with Crippen LogP contribution >= 0.6 is 0 Å². The van der Waals surface area contributed by atoms with Gasteiger partial charge in [-0.3, -0.25) is 4.79 Å². The maximum atomic E-state index is 13.3. The Labute approximate surface area is 155 Å². The van der Waals surface area contributed by atoms with Crippen molar-refractivity contribution in [2.45, 2.75) is 52.4 Å². The smallest absolute Gasteiger partial charge is 0.162 e. The molecule has 26 heavy (non-hydrogen) atoms. The molecule has 0 spiro atoms. The monoisotopic (exact) mass is 346 g/mol. The fourth-order valence-electron chi connectivity index (χ4n) is 4.79. The van der Waals surface area contributed by atoms with Gasteiger partial charge < -0.3 is 5.32 Å². The molecule has 1 atom stereocenters. The number of aromatic nitrogens is 1. The molecule has 1 aliphatic carbocycles. The molecule has 0 fully saturated rings. The molecule has 2 aromatic rings. The van der Waals surface area contributed by atoms with E-state index in [1.807, 2.05) is 12.3 Å². The number of pyridine rings is 1. The third kappa shape index (κ3) is 2.41. The molecule has 2 heterocycles. The van der Waals surface area contributed by atoms with Crippen LogP contribution in [0.3, 0.4) is 0 Å². The van der Waals surface area contributed by atoms with Crippen molar-refractivity contribution in [1.82, 2.24) is 4.98 Å². The number of rotatable bonds is 2. The van der Waals surface area contributed by atoms with E-state index in [2.05, 4.69) is 68.3 Å². The molecule has 1 N–H and O–H groups in total. The number of hydrogen-bond donors (Lipinski definition) is 1. The molecular formula is C23H26N2O. The van der Waals surface area contributed by atoms with E-state index in [9.17, 15) is 4.79 Å². The summed E-state index contributed by atoms with van der Waals surface area (Å²) in [5, 5.41) is 3.53. The Hall–Kier alpha value is -2.42. The second-order valence-corrected chi connectivity index (χ2v) is 8.46. The third-order valence-electron chi connectivity index (χ3n) is 5.91. The molecule has 3 nitrogen and oxygen atoms in total. The first-order valence-corrected chi connectivity index (χ1v) is 9.44. The molecule has 0 unspecified atom stereocenters. The maximum absolute atomic E-state index is 13.3. The van der Waals surface area contributed by atoms with E-state index in [-0.39, 0.29) is 11.2 Å². The van der Waals surface area contributed by atoms with Crippen LogP contribution in [0.1, 0.15) is 57.2 Å². The average Bonchev–Trinajstić information content (AvgIpc) is 2.60. The van der Waals surface area contributed by atoms with Crippen LogP contribution in [0, 0.1) is 5.41 Å². The van der Waals surface area contributed by atoms with Gasteiger partial charge in [0.1, 0.15) is 5.82 Å². The quantitative estimate of drug-likeness (QED) is 0.830. The lowest BCUT2D eigenvalue weighted by molar-refractivity contribution is -0.118. The highest BCUT2D eigenvalue weighted by Gasteiger charge is 2.48. The molecule has 1 aromatic carbocycles. The topological polar surface area (TPSA) is 42.0 Å². The Morgan fingerprint density at radius 1 is 1.08 bits per heavy atom. The number of aryl methyl sites for hydroxylation is 1. The number of benzene rings is 1. The number of fused-ring (bicyclic) bond motifs is 1. The van der Waals surface area contributed by atoms with E-state index >= 15 is 0 Å². The molecule has 134 valence electrons. The van der Waals surface area contributed by atoms with Gasteiger partial charge in [0.15, 0.2) is 5.78 Å². The second kappa shape index (κ2) is 5.80. The van der Waals surface area contributed by atoms with Crippen LogP contribution in [-0.4, -0.2) is 10.8 Å². The predicted molar refractivity (Wildman–Crippen MR) is 105 cm³/mol. The van der Waals surface area contributed by atoms with Crippen LogP contribution in [0.5, 0.6) is 0 Å². The number of hydrogen-bond acceptors (Lipinski definition) is 3. The minimum absolute atomic E-state index is 0.0274. The Kier molecular flexibility index (Phi) is 3.80. The van der Waals surface area contributed by atoms with Gasteiger partial charge in [0.25, 0.3) is 0 Å². The van der Waals surface area contributed by atoms with Crippen LogP contribution in [0.25, 0.3) is 0 Å². The number of ketones is 1. The first-order chi connectivity index (χ1) is 12.4. The summed E-state index contributed by atoms with van der Waals surface area (Å²) in [6.45, 7) is 8.70. The van der Waals surface area contributed by atoms with Gasteiger partial charge in [-0.25, -0.2) is 4.98 Å². The number of allylic oxidation sites excluding steroid dienone is 2. The summed E-state index contributed by atoms with van der Waals surface area (Å²) >= 11 is 0. The molecule has 1 aromatic heterocycles. The number of nitrogens with one attached hydrogen (secondary N) is 1. The number of Topliss-reactive ketones (excluding diaryl/α,β-unsaturated/α-hetero) is 1. The van der Waals surface area contributed by atoms with E-state index in [4.69, 9.17) is 0 Å². The molecule has 0 saturated carbocycles. The van der Waals surface area contributed by atoms with Crippen molar-refractivity contribution in [3.05, 3.63) is 70.6 Å². The summed E-state index contributed by atoms with van der Waals surface area (Å²) in [5.41, 5.74) is 5.04. The summed E-state index contributed by atoms with van der Waals surface area (Å²) in [6, 6.07) is 12.5. The van der Waals surface area contributed by atoms with Gasteiger partial charge in [0, 0.05) is 29.5 Å². The third-order valence-corrected chi connectivity index (χ3v) is 5.91. The molecule has 0 saturated heterocycles. The van der Waals surface area contributed by atoms with Crippen LogP contribution in [0.2, 0.25) is 0 Å². The van der Waals surface area contributed by atoms with Crippen LogP contribution < -0.4 is 5.32 Å². The first kappa shape index (κ1) is 17.0. The lowest BCUT2D eigenvalue weighted by atomic mass is 9.61. The minimum atomic E-state index is -0.468. The Morgan fingerprint density at radius 2 is 1.81 bits per heavy atom. The second-order valence-electron chi connectivity index (χ2n) is 8.46. The van der Waals surface area contributed by atoms with Crippen molar-refractivity contribution >= 4 is 11.6 Å². The van der Waals surface area contributed by atoms with Crippen LogP contribution in [0.4, 0.5) is 5.82 Å². The molecule has 3 heteroatoms. The van der Waals surface area contributed by atoms with Gasteiger partial charge in [-0.05, 0) is 42.4 Å². The lowest BCUT2D eigenvalue weighted by Crippen LogP contribution is -2.42. The Morgan fingerprint density at radius 3 is 2.50 bits per heavy atom. The van der Waals surface area contributed by atoms with Gasteiger partial charge in [-0.2, -0.15) is 0 Å². The Bertz CT molecular complexity index is 911. The lowest BCUT2D eigenvalue weighted by Gasteiger charge is -2.45. The minimum Gasteiger partial charge on any atom is -0.343 e. The summed E-state index contributed by atoms with van der Waals surface area (Å²) in [5.74, 6) is 1.16. The van der Waals surface area contributed by atoms with Crippen LogP contribution in [0.15, 0.2) is 53.9 Å². The number of nitrogens with zero attached hydrogens (tertiary/aromatic N) is 1. The first-order valence-electron chi connectivity index (χ1n) is 9.44. The van der Waals surface area contributed by atoms with Crippen molar-refractivity contribution < 1.29 is 4.79 Å². The molecule has 2 aliphatic rings. The molecule has 0 bridgehead atoms. The summed E-state index contributed by atoms with van der Waals surface area (Å²) in [6.07, 6.45) is 4.25. The van der Waals surface area contributed by atoms with Crippen molar-refractivity contribution in [3.8, 4) is 0 Å². The molecule has 4 rings (SSSR count). The van der Waals surface area contributed by atoms with Crippen molar-refractivity contribution in [1.29, 1.82) is 0 Å². The summed E-state index contributed by atoms with van der Waals surface area (Å²) < 4.78 is 0. The van der Waals surface area contributed by atoms with E-state index in [1.54, 1.807) is 0 Å². The van der Waals surface area contributed by atoms with Gasteiger partial charge in [0.2, 0.25) is 0 Å². The van der Waals surface area contributed by atoms with Crippen molar-refractivity contribution in [3.63, 3.8) is 0 Å². The highest BCUT2D eigenvalue weighted by Crippen LogP contribution is 2.52. The van der Waals surface area contributed by atoms with Gasteiger partial charge in [-0.15, -0.1) is 0 Å². The largest absolute Gasteiger partial charge is 0.343 e. The predicted octanol–water partition coefficient (Wildman–Crippen LogP) is 5.02. The summed E-state index contributed by atoms with van der Waals surface area (Å²) in [7, 11) is 0. The van der Waals surface area contributed by atoms with Crippen LogP contribution in [-0.2, 0) is 16.6 Å². The zero-order chi connectivity index (χ0) is 18.5. The SMILES string of the molecule is CCc1ccnc2c1[C@](C)(c1ccccc1)C1=C(CC(C)(C)CC1=O)N2. The highest BCUT2D eigenvalue weighted by atomic mass is 16.1. The fourth-order valence-corrected chi connectivity index (χ4v) is 4.79. The maximum Gasteiger partial charge on any atom is 0.162 e. The van der Waals surface area contributed by atoms with Crippen molar-refractivity contribution in [2.75, 3.05) is 5.32 Å². The van der Waals surface area contributed by atoms with E-state index in [0.29, 0.717) is 6.42 Å². The average molecular weight is 346 g/mol. The van der Waals surface area contributed by atoms with E-state index < -0.39 is 5.41 Å². The zero-order valence-electron chi connectivity index (χ0n) is 16.0. The van der Waals surface area contributed by atoms with Gasteiger partial charge in [-0.1, -0.05) is 51.1 Å². The van der Waals surface area contributed by atoms with Crippen molar-refractivity contribution in [2.24, 2.45) is 5.41 Å². The normalized spacial score (nSPS) is 23.9. The van der Waals surface area contributed by atoms with Gasteiger partial charge >= 0.3 is 0 Å². The zero-order valence-corrected chi connectivity index (χ0v) is 16.0. The summed E-state index contributed by atoms with van der Waals surface area (Å²) in [4.78, 5) is 18.0. The number of carbonyl (C=O) groups excluding carboxylic acids is 1.